The van der Waals surface area contributed by atoms with Crippen LogP contribution in [0.15, 0.2) is 42.5 Å². The molecule has 21 heavy (non-hydrogen) atoms. The quantitative estimate of drug-likeness (QED) is 0.674. The van der Waals surface area contributed by atoms with Crippen molar-refractivity contribution in [2.24, 2.45) is 0 Å². The molecule has 0 aliphatic heterocycles. The number of benzene rings is 2. The van der Waals surface area contributed by atoms with Crippen LogP contribution in [0.3, 0.4) is 0 Å². The molecule has 5 nitrogen and oxygen atoms in total. The van der Waals surface area contributed by atoms with Crippen LogP contribution in [0, 0.1) is 17.0 Å². The summed E-state index contributed by atoms with van der Waals surface area (Å²) in [7, 11) is 3.68. The van der Waals surface area contributed by atoms with E-state index in [1.807, 2.05) is 24.9 Å². The summed E-state index contributed by atoms with van der Waals surface area (Å²) in [6, 6.07) is 13.3. The second-order valence-electron chi connectivity index (χ2n) is 5.09. The molecular formula is C16H19N3O2. The van der Waals surface area contributed by atoms with Crippen molar-refractivity contribution in [3.05, 3.63) is 63.7 Å². The lowest BCUT2D eigenvalue weighted by molar-refractivity contribution is -0.384. The van der Waals surface area contributed by atoms with Gasteiger partial charge in [0.15, 0.2) is 0 Å². The number of nitro groups is 1. The third kappa shape index (κ3) is 3.72. The highest BCUT2D eigenvalue weighted by Crippen LogP contribution is 2.27. The number of nitrogens with one attached hydrogen (secondary N) is 1. The molecule has 2 aromatic rings. The van der Waals surface area contributed by atoms with Gasteiger partial charge in [-0.1, -0.05) is 29.8 Å². The predicted octanol–water partition coefficient (Wildman–Crippen LogP) is 3.58. The fourth-order valence-corrected chi connectivity index (χ4v) is 2.12. The number of non-ortho nitro benzene ring substituents is 1. The third-order valence-electron chi connectivity index (χ3n) is 3.38. The lowest BCUT2D eigenvalue weighted by atomic mass is 10.1. The molecule has 2 aromatic carbocycles. The molecule has 0 fully saturated rings. The molecular weight excluding hydrogens is 266 g/mol. The van der Waals surface area contributed by atoms with Gasteiger partial charge in [-0.25, -0.2) is 0 Å². The molecule has 110 valence electrons. The van der Waals surface area contributed by atoms with Gasteiger partial charge in [0.2, 0.25) is 0 Å². The lowest BCUT2D eigenvalue weighted by Gasteiger charge is -2.20. The van der Waals surface area contributed by atoms with E-state index in [0.29, 0.717) is 6.54 Å². The standard InChI is InChI=1S/C16H19N3O2/c1-12-4-6-13(7-5-12)11-18(3)15-8-14(17-2)9-16(10-15)19(20)21/h4-10,17H,11H2,1-3H3. The van der Waals surface area contributed by atoms with Crippen molar-refractivity contribution >= 4 is 17.1 Å². The van der Waals surface area contributed by atoms with E-state index >= 15 is 0 Å². The maximum absolute atomic E-state index is 11.0. The van der Waals surface area contributed by atoms with Crippen molar-refractivity contribution < 1.29 is 4.92 Å². The average Bonchev–Trinajstić information content (AvgIpc) is 2.49. The first-order valence-corrected chi connectivity index (χ1v) is 6.73. The smallest absolute Gasteiger partial charge is 0.273 e. The van der Waals surface area contributed by atoms with Gasteiger partial charge >= 0.3 is 0 Å². The van der Waals surface area contributed by atoms with Gasteiger partial charge in [-0.05, 0) is 18.6 Å². The van der Waals surface area contributed by atoms with E-state index in [0.717, 1.165) is 11.4 Å². The Morgan fingerprint density at radius 2 is 1.86 bits per heavy atom. The minimum absolute atomic E-state index is 0.0904. The first kappa shape index (κ1) is 14.8. The number of nitro benzene ring substituents is 1. The lowest BCUT2D eigenvalue weighted by Crippen LogP contribution is -2.16. The van der Waals surface area contributed by atoms with Crippen molar-refractivity contribution in [3.8, 4) is 0 Å². The van der Waals surface area contributed by atoms with Crippen LogP contribution in [0.1, 0.15) is 11.1 Å². The topological polar surface area (TPSA) is 58.4 Å². The number of rotatable bonds is 5. The van der Waals surface area contributed by atoms with E-state index in [2.05, 4.69) is 29.6 Å². The monoisotopic (exact) mass is 285 g/mol. The molecule has 0 heterocycles. The Balaban J connectivity index is 2.25. The Kier molecular flexibility index (Phi) is 4.42. The predicted molar refractivity (Wildman–Crippen MR) is 85.9 cm³/mol. The van der Waals surface area contributed by atoms with E-state index in [4.69, 9.17) is 0 Å². The van der Waals surface area contributed by atoms with Crippen molar-refractivity contribution in [1.82, 2.24) is 0 Å². The van der Waals surface area contributed by atoms with Gasteiger partial charge in [0.25, 0.3) is 5.69 Å². The Labute approximate surface area is 124 Å². The van der Waals surface area contributed by atoms with Crippen molar-refractivity contribution in [3.63, 3.8) is 0 Å². The van der Waals surface area contributed by atoms with Gasteiger partial charge in [-0.15, -0.1) is 0 Å². The summed E-state index contributed by atoms with van der Waals surface area (Å²) < 4.78 is 0. The van der Waals surface area contributed by atoms with Crippen LogP contribution >= 0.6 is 0 Å². The first-order chi connectivity index (χ1) is 9.99. The van der Waals surface area contributed by atoms with Crippen molar-refractivity contribution in [2.45, 2.75) is 13.5 Å². The summed E-state index contributed by atoms with van der Waals surface area (Å²) in [6.07, 6.45) is 0. The van der Waals surface area contributed by atoms with Crippen molar-refractivity contribution in [2.75, 3.05) is 24.3 Å². The number of hydrogen-bond acceptors (Lipinski definition) is 4. The molecule has 0 saturated carbocycles. The van der Waals surface area contributed by atoms with Crippen LogP contribution in [-0.2, 0) is 6.54 Å². The highest BCUT2D eigenvalue weighted by atomic mass is 16.6. The summed E-state index contributed by atoms with van der Waals surface area (Å²) in [4.78, 5) is 12.6. The second-order valence-corrected chi connectivity index (χ2v) is 5.09. The Bertz CT molecular complexity index is 638. The molecule has 0 saturated heterocycles. The molecule has 0 aliphatic rings. The summed E-state index contributed by atoms with van der Waals surface area (Å²) in [5, 5.41) is 14.0. The molecule has 5 heteroatoms. The second kappa shape index (κ2) is 6.26. The molecule has 0 radical (unpaired) electrons. The molecule has 0 atom stereocenters. The van der Waals surface area contributed by atoms with Crippen LogP contribution in [0.5, 0.6) is 0 Å². The summed E-state index contributed by atoms with van der Waals surface area (Å²) in [5.74, 6) is 0. The van der Waals surface area contributed by atoms with Gasteiger partial charge in [0, 0.05) is 44.1 Å². The SMILES string of the molecule is CNc1cc(N(C)Cc2ccc(C)cc2)cc([N+](=O)[O-])c1. The van der Waals surface area contributed by atoms with Gasteiger partial charge in [0.05, 0.1) is 4.92 Å². The zero-order chi connectivity index (χ0) is 15.4. The first-order valence-electron chi connectivity index (χ1n) is 6.73. The van der Waals surface area contributed by atoms with Crippen LogP contribution in [0.2, 0.25) is 0 Å². The summed E-state index contributed by atoms with van der Waals surface area (Å²) in [5.41, 5.74) is 4.02. The fraction of sp³-hybridized carbons (Fsp3) is 0.250. The molecule has 0 spiro atoms. The van der Waals surface area contributed by atoms with Crippen LogP contribution in [0.4, 0.5) is 17.1 Å². The number of anilines is 2. The van der Waals surface area contributed by atoms with Gasteiger partial charge in [-0.3, -0.25) is 10.1 Å². The van der Waals surface area contributed by atoms with E-state index in [9.17, 15) is 10.1 Å². The Hall–Kier alpha value is -2.56. The average molecular weight is 285 g/mol. The zero-order valence-electron chi connectivity index (χ0n) is 12.5. The van der Waals surface area contributed by atoms with E-state index in [-0.39, 0.29) is 10.6 Å². The van der Waals surface area contributed by atoms with E-state index in [1.54, 1.807) is 13.1 Å². The molecule has 0 aromatic heterocycles. The van der Waals surface area contributed by atoms with Crippen LogP contribution < -0.4 is 10.2 Å². The Morgan fingerprint density at radius 3 is 2.43 bits per heavy atom. The fourth-order valence-electron chi connectivity index (χ4n) is 2.12. The maximum atomic E-state index is 11.0. The van der Waals surface area contributed by atoms with Crippen molar-refractivity contribution in [1.29, 1.82) is 0 Å². The highest BCUT2D eigenvalue weighted by Gasteiger charge is 2.12. The maximum Gasteiger partial charge on any atom is 0.273 e. The molecule has 0 aliphatic carbocycles. The molecule has 1 N–H and O–H groups in total. The molecule has 0 unspecified atom stereocenters. The molecule has 0 bridgehead atoms. The number of aryl methyl sites for hydroxylation is 1. The largest absolute Gasteiger partial charge is 0.388 e. The minimum atomic E-state index is -0.371. The molecule has 0 amide bonds. The number of nitrogens with zero attached hydrogens (tertiary/aromatic N) is 2. The zero-order valence-corrected chi connectivity index (χ0v) is 12.5. The van der Waals surface area contributed by atoms with E-state index in [1.165, 1.54) is 17.2 Å². The highest BCUT2D eigenvalue weighted by molar-refractivity contribution is 5.64. The van der Waals surface area contributed by atoms with Gasteiger partial charge in [0.1, 0.15) is 0 Å². The third-order valence-corrected chi connectivity index (χ3v) is 3.38. The summed E-state index contributed by atoms with van der Waals surface area (Å²) in [6.45, 7) is 2.75. The van der Waals surface area contributed by atoms with Gasteiger partial charge < -0.3 is 10.2 Å². The Morgan fingerprint density at radius 1 is 1.19 bits per heavy atom. The summed E-state index contributed by atoms with van der Waals surface area (Å²) >= 11 is 0. The molecule has 2 rings (SSSR count). The normalized spacial score (nSPS) is 10.2. The minimum Gasteiger partial charge on any atom is -0.388 e. The van der Waals surface area contributed by atoms with Crippen LogP contribution in [0.25, 0.3) is 0 Å². The van der Waals surface area contributed by atoms with Gasteiger partial charge in [-0.2, -0.15) is 0 Å². The van der Waals surface area contributed by atoms with E-state index < -0.39 is 0 Å². The van der Waals surface area contributed by atoms with Crippen LogP contribution in [-0.4, -0.2) is 19.0 Å². The number of hydrogen-bond donors (Lipinski definition) is 1.